The number of aryl methyl sites for hydroxylation is 1. The third kappa shape index (κ3) is 2.92. The SMILES string of the molecule is C/C=C/CCc1ccc(Br)c(C)c1[N+](=O)[O-]. The summed E-state index contributed by atoms with van der Waals surface area (Å²) in [4.78, 5) is 10.7. The molecule has 16 heavy (non-hydrogen) atoms. The molecule has 0 saturated heterocycles. The maximum absolute atomic E-state index is 11.0. The van der Waals surface area contributed by atoms with Crippen LogP contribution in [-0.2, 0) is 6.42 Å². The molecule has 0 N–H and O–H groups in total. The molecule has 0 atom stereocenters. The summed E-state index contributed by atoms with van der Waals surface area (Å²) in [6, 6.07) is 3.69. The summed E-state index contributed by atoms with van der Waals surface area (Å²) in [5.74, 6) is 0. The smallest absolute Gasteiger partial charge is 0.258 e. The molecule has 1 aromatic carbocycles. The minimum atomic E-state index is -0.301. The molecule has 0 heterocycles. The summed E-state index contributed by atoms with van der Waals surface area (Å²) in [5.41, 5.74) is 1.73. The van der Waals surface area contributed by atoms with Crippen molar-refractivity contribution < 1.29 is 4.92 Å². The van der Waals surface area contributed by atoms with Gasteiger partial charge in [-0.25, -0.2) is 0 Å². The van der Waals surface area contributed by atoms with E-state index in [0.717, 1.165) is 16.5 Å². The van der Waals surface area contributed by atoms with E-state index < -0.39 is 0 Å². The summed E-state index contributed by atoms with van der Waals surface area (Å²) in [6.07, 6.45) is 5.51. The van der Waals surface area contributed by atoms with Gasteiger partial charge in [-0.1, -0.05) is 34.1 Å². The van der Waals surface area contributed by atoms with Crippen molar-refractivity contribution in [2.24, 2.45) is 0 Å². The summed E-state index contributed by atoms with van der Waals surface area (Å²) >= 11 is 3.31. The van der Waals surface area contributed by atoms with Crippen LogP contribution in [0.4, 0.5) is 5.69 Å². The van der Waals surface area contributed by atoms with Gasteiger partial charge in [-0.05, 0) is 32.8 Å². The molecule has 1 rings (SSSR count). The van der Waals surface area contributed by atoms with Crippen molar-refractivity contribution in [1.82, 2.24) is 0 Å². The molecular weight excluding hydrogens is 270 g/mol. The molecule has 0 aliphatic carbocycles. The minimum Gasteiger partial charge on any atom is -0.258 e. The monoisotopic (exact) mass is 283 g/mol. The molecule has 0 aliphatic heterocycles. The summed E-state index contributed by atoms with van der Waals surface area (Å²) in [7, 11) is 0. The van der Waals surface area contributed by atoms with Crippen LogP contribution in [0.15, 0.2) is 28.8 Å². The second kappa shape index (κ2) is 5.80. The number of halogens is 1. The van der Waals surface area contributed by atoms with Crippen LogP contribution in [-0.4, -0.2) is 4.92 Å². The first kappa shape index (κ1) is 12.9. The normalized spacial score (nSPS) is 10.9. The summed E-state index contributed by atoms with van der Waals surface area (Å²) in [6.45, 7) is 3.71. The Bertz CT molecular complexity index is 427. The van der Waals surface area contributed by atoms with E-state index in [4.69, 9.17) is 0 Å². The molecule has 3 nitrogen and oxygen atoms in total. The molecule has 4 heteroatoms. The van der Waals surface area contributed by atoms with E-state index in [1.165, 1.54) is 0 Å². The zero-order valence-corrected chi connectivity index (χ0v) is 11.0. The topological polar surface area (TPSA) is 43.1 Å². The fraction of sp³-hybridized carbons (Fsp3) is 0.333. The fourth-order valence-corrected chi connectivity index (χ4v) is 1.91. The van der Waals surface area contributed by atoms with Gasteiger partial charge in [0.1, 0.15) is 0 Å². The third-order valence-electron chi connectivity index (χ3n) is 2.45. The number of benzene rings is 1. The number of nitrogens with zero attached hydrogens (tertiary/aromatic N) is 1. The maximum atomic E-state index is 11.0. The van der Waals surface area contributed by atoms with Gasteiger partial charge in [0, 0.05) is 15.6 Å². The summed E-state index contributed by atoms with van der Waals surface area (Å²) < 4.78 is 0.786. The van der Waals surface area contributed by atoms with Crippen molar-refractivity contribution in [3.63, 3.8) is 0 Å². The van der Waals surface area contributed by atoms with Crippen LogP contribution in [0.2, 0.25) is 0 Å². The van der Waals surface area contributed by atoms with Crippen LogP contribution in [0.1, 0.15) is 24.5 Å². The highest BCUT2D eigenvalue weighted by molar-refractivity contribution is 9.10. The predicted octanol–water partition coefficient (Wildman–Crippen LogP) is 4.17. The summed E-state index contributed by atoms with van der Waals surface area (Å²) in [5, 5.41) is 11.0. The number of hydrogen-bond acceptors (Lipinski definition) is 2. The Morgan fingerprint density at radius 1 is 1.50 bits per heavy atom. The van der Waals surface area contributed by atoms with Crippen LogP contribution >= 0.6 is 15.9 Å². The average Bonchev–Trinajstić information content (AvgIpc) is 2.23. The van der Waals surface area contributed by atoms with Crippen LogP contribution in [0.25, 0.3) is 0 Å². The Labute approximate surface area is 103 Å². The van der Waals surface area contributed by atoms with Crippen molar-refractivity contribution in [3.05, 3.63) is 50.0 Å². The molecule has 0 spiro atoms. The molecular formula is C12H14BrNO2. The van der Waals surface area contributed by atoms with Crippen LogP contribution < -0.4 is 0 Å². The zero-order chi connectivity index (χ0) is 12.1. The van der Waals surface area contributed by atoms with Gasteiger partial charge >= 0.3 is 0 Å². The molecule has 1 aromatic rings. The quantitative estimate of drug-likeness (QED) is 0.473. The Kier molecular flexibility index (Phi) is 4.68. The molecule has 0 aliphatic rings. The Morgan fingerprint density at radius 2 is 2.19 bits per heavy atom. The lowest BCUT2D eigenvalue weighted by Gasteiger charge is -2.05. The van der Waals surface area contributed by atoms with Crippen molar-refractivity contribution in [2.75, 3.05) is 0 Å². The molecule has 86 valence electrons. The first-order valence-corrected chi connectivity index (χ1v) is 5.90. The van der Waals surface area contributed by atoms with Gasteiger partial charge in [-0.2, -0.15) is 0 Å². The first-order chi connectivity index (χ1) is 7.57. The van der Waals surface area contributed by atoms with Crippen molar-refractivity contribution in [1.29, 1.82) is 0 Å². The highest BCUT2D eigenvalue weighted by Crippen LogP contribution is 2.30. The number of rotatable bonds is 4. The number of hydrogen-bond donors (Lipinski definition) is 0. The van der Waals surface area contributed by atoms with Crippen molar-refractivity contribution in [2.45, 2.75) is 26.7 Å². The van der Waals surface area contributed by atoms with E-state index in [2.05, 4.69) is 15.9 Å². The highest BCUT2D eigenvalue weighted by Gasteiger charge is 2.18. The molecule has 0 unspecified atom stereocenters. The second-order valence-electron chi connectivity index (χ2n) is 3.54. The standard InChI is InChI=1S/C12H14BrNO2/c1-3-4-5-6-10-7-8-11(13)9(2)12(10)14(15)16/h3-4,7-8H,5-6H2,1-2H3/b4-3+. The van der Waals surface area contributed by atoms with Gasteiger partial charge in [-0.3, -0.25) is 10.1 Å². The number of allylic oxidation sites excluding steroid dienone is 2. The van der Waals surface area contributed by atoms with Gasteiger partial charge in [0.2, 0.25) is 0 Å². The predicted molar refractivity (Wildman–Crippen MR) is 68.7 cm³/mol. The zero-order valence-electron chi connectivity index (χ0n) is 9.37. The van der Waals surface area contributed by atoms with E-state index in [0.29, 0.717) is 12.0 Å². The van der Waals surface area contributed by atoms with Gasteiger partial charge < -0.3 is 0 Å². The Balaban J connectivity index is 3.08. The van der Waals surface area contributed by atoms with E-state index in [1.807, 2.05) is 31.2 Å². The van der Waals surface area contributed by atoms with Gasteiger partial charge in [0.15, 0.2) is 0 Å². The lowest BCUT2D eigenvalue weighted by molar-refractivity contribution is -0.386. The molecule has 0 radical (unpaired) electrons. The minimum absolute atomic E-state index is 0.235. The van der Waals surface area contributed by atoms with Gasteiger partial charge in [0.25, 0.3) is 5.69 Å². The third-order valence-corrected chi connectivity index (χ3v) is 3.31. The molecule has 0 bridgehead atoms. The first-order valence-electron chi connectivity index (χ1n) is 5.11. The van der Waals surface area contributed by atoms with Gasteiger partial charge in [0.05, 0.1) is 4.92 Å². The Morgan fingerprint density at radius 3 is 2.75 bits per heavy atom. The van der Waals surface area contributed by atoms with Crippen LogP contribution in [0, 0.1) is 17.0 Å². The number of nitro benzene ring substituents is 1. The van der Waals surface area contributed by atoms with Crippen LogP contribution in [0.3, 0.4) is 0 Å². The fourth-order valence-electron chi connectivity index (χ4n) is 1.59. The number of nitro groups is 1. The second-order valence-corrected chi connectivity index (χ2v) is 4.40. The largest absolute Gasteiger partial charge is 0.276 e. The van der Waals surface area contributed by atoms with E-state index in [-0.39, 0.29) is 10.6 Å². The van der Waals surface area contributed by atoms with Crippen molar-refractivity contribution in [3.8, 4) is 0 Å². The Hall–Kier alpha value is -1.16. The molecule has 0 fully saturated rings. The van der Waals surface area contributed by atoms with Crippen molar-refractivity contribution >= 4 is 21.6 Å². The molecule has 0 amide bonds. The maximum Gasteiger partial charge on any atom is 0.276 e. The molecule has 0 aromatic heterocycles. The van der Waals surface area contributed by atoms with E-state index in [9.17, 15) is 10.1 Å². The van der Waals surface area contributed by atoms with Gasteiger partial charge in [-0.15, -0.1) is 0 Å². The lowest BCUT2D eigenvalue weighted by Crippen LogP contribution is -1.98. The van der Waals surface area contributed by atoms with E-state index >= 15 is 0 Å². The molecule has 0 saturated carbocycles. The van der Waals surface area contributed by atoms with E-state index in [1.54, 1.807) is 6.92 Å². The highest BCUT2D eigenvalue weighted by atomic mass is 79.9. The lowest BCUT2D eigenvalue weighted by atomic mass is 10.0. The van der Waals surface area contributed by atoms with Crippen LogP contribution in [0.5, 0.6) is 0 Å². The average molecular weight is 284 g/mol.